The summed E-state index contributed by atoms with van der Waals surface area (Å²) in [5.74, 6) is -0.681. The summed E-state index contributed by atoms with van der Waals surface area (Å²) in [4.78, 5) is 12.6. The van der Waals surface area contributed by atoms with E-state index < -0.39 is 30.3 Å². The van der Waals surface area contributed by atoms with Gasteiger partial charge < -0.3 is 9.88 Å². The number of hydrogen-bond donors (Lipinski definition) is 1. The van der Waals surface area contributed by atoms with Crippen molar-refractivity contribution in [3.63, 3.8) is 0 Å². The third kappa shape index (κ3) is 4.72. The summed E-state index contributed by atoms with van der Waals surface area (Å²) in [6.07, 6.45) is 1.61. The van der Waals surface area contributed by atoms with Crippen LogP contribution in [0.2, 0.25) is 0 Å². The number of carbonyl (C=O) groups excluding carboxylic acids is 1. The van der Waals surface area contributed by atoms with Crippen LogP contribution >= 0.6 is 10.7 Å². The van der Waals surface area contributed by atoms with Gasteiger partial charge in [-0.1, -0.05) is 30.3 Å². The molecule has 10 heteroatoms. The highest BCUT2D eigenvalue weighted by Gasteiger charge is 2.40. The first-order valence-corrected chi connectivity index (χ1v) is 12.3. The van der Waals surface area contributed by atoms with Crippen molar-refractivity contribution in [2.45, 2.75) is 30.3 Å². The number of nitrogens with one attached hydrogen (secondary N) is 1. The third-order valence-corrected chi connectivity index (χ3v) is 7.72. The number of nitrogens with zero attached hydrogens (tertiary/aromatic N) is 1. The fraction of sp³-hybridized carbons (Fsp3) is 0.353. The SMILES string of the molecule is CC1(NC(=O)c2cc(S(=O)(=O)Cl)cn2Cc2ccccc2)CCS(=O)(=O)C1. The lowest BCUT2D eigenvalue weighted by Crippen LogP contribution is -2.47. The van der Waals surface area contributed by atoms with E-state index in [1.165, 1.54) is 16.8 Å². The first-order chi connectivity index (χ1) is 12.5. The molecule has 1 unspecified atom stereocenters. The number of carbonyl (C=O) groups is 1. The van der Waals surface area contributed by atoms with Crippen molar-refractivity contribution in [1.82, 2.24) is 9.88 Å². The quantitative estimate of drug-likeness (QED) is 0.728. The Labute approximate surface area is 162 Å². The Morgan fingerprint density at radius 3 is 2.52 bits per heavy atom. The van der Waals surface area contributed by atoms with Crippen molar-refractivity contribution in [2.75, 3.05) is 11.5 Å². The summed E-state index contributed by atoms with van der Waals surface area (Å²) in [5, 5.41) is 2.74. The Morgan fingerprint density at radius 2 is 1.96 bits per heavy atom. The smallest absolute Gasteiger partial charge is 0.268 e. The van der Waals surface area contributed by atoms with Gasteiger partial charge >= 0.3 is 0 Å². The summed E-state index contributed by atoms with van der Waals surface area (Å²) in [7, 11) is -1.78. The molecule has 0 saturated carbocycles. The van der Waals surface area contributed by atoms with Crippen molar-refractivity contribution in [1.29, 1.82) is 0 Å². The largest absolute Gasteiger partial charge is 0.345 e. The maximum atomic E-state index is 12.8. The summed E-state index contributed by atoms with van der Waals surface area (Å²) < 4.78 is 48.4. The van der Waals surface area contributed by atoms with Crippen molar-refractivity contribution in [3.05, 3.63) is 53.9 Å². The summed E-state index contributed by atoms with van der Waals surface area (Å²) in [6, 6.07) is 10.4. The van der Waals surface area contributed by atoms with Crippen LogP contribution in [0.25, 0.3) is 0 Å². The predicted octanol–water partition coefficient (Wildman–Crippen LogP) is 1.77. The Balaban J connectivity index is 1.93. The van der Waals surface area contributed by atoms with E-state index in [9.17, 15) is 21.6 Å². The first-order valence-electron chi connectivity index (χ1n) is 8.19. The number of hydrogen-bond acceptors (Lipinski definition) is 5. The van der Waals surface area contributed by atoms with Crippen LogP contribution < -0.4 is 5.32 Å². The molecule has 1 atom stereocenters. The lowest BCUT2D eigenvalue weighted by Gasteiger charge is -2.24. The van der Waals surface area contributed by atoms with Gasteiger partial charge in [0.05, 0.1) is 17.0 Å². The van der Waals surface area contributed by atoms with E-state index in [2.05, 4.69) is 5.32 Å². The van der Waals surface area contributed by atoms with Crippen LogP contribution in [0, 0.1) is 0 Å². The minimum absolute atomic E-state index is 0.0100. The zero-order valence-corrected chi connectivity index (χ0v) is 16.9. The number of rotatable bonds is 5. The van der Waals surface area contributed by atoms with E-state index in [4.69, 9.17) is 10.7 Å². The fourth-order valence-electron chi connectivity index (χ4n) is 3.17. The van der Waals surface area contributed by atoms with Gasteiger partial charge in [0.15, 0.2) is 9.84 Å². The number of halogens is 1. The lowest BCUT2D eigenvalue weighted by molar-refractivity contribution is 0.0906. The highest BCUT2D eigenvalue weighted by molar-refractivity contribution is 8.13. The lowest BCUT2D eigenvalue weighted by atomic mass is 10.0. The van der Waals surface area contributed by atoms with Gasteiger partial charge in [0.2, 0.25) is 0 Å². The minimum Gasteiger partial charge on any atom is -0.345 e. The summed E-state index contributed by atoms with van der Waals surface area (Å²) >= 11 is 0. The second-order valence-corrected chi connectivity index (χ2v) is 11.7. The molecule has 1 saturated heterocycles. The molecular formula is C17H19ClN2O5S2. The topological polar surface area (TPSA) is 102 Å². The highest BCUT2D eigenvalue weighted by Crippen LogP contribution is 2.25. The molecule has 146 valence electrons. The molecule has 0 bridgehead atoms. The van der Waals surface area contributed by atoms with Crippen LogP contribution in [-0.2, 0) is 25.4 Å². The second-order valence-electron chi connectivity index (χ2n) is 6.97. The molecule has 2 heterocycles. The second kappa shape index (κ2) is 6.96. The normalized spacial score (nSPS) is 21.9. The molecule has 1 amide bonds. The van der Waals surface area contributed by atoms with Crippen molar-refractivity contribution in [3.8, 4) is 0 Å². The Kier molecular flexibility index (Phi) is 5.13. The van der Waals surface area contributed by atoms with Crippen molar-refractivity contribution in [2.24, 2.45) is 0 Å². The van der Waals surface area contributed by atoms with Gasteiger partial charge in [-0.2, -0.15) is 0 Å². The third-order valence-electron chi connectivity index (χ3n) is 4.50. The molecule has 0 aliphatic carbocycles. The monoisotopic (exact) mass is 430 g/mol. The van der Waals surface area contributed by atoms with E-state index in [1.807, 2.05) is 30.3 Å². The molecule has 27 heavy (non-hydrogen) atoms. The van der Waals surface area contributed by atoms with Crippen molar-refractivity contribution >= 4 is 35.5 Å². The molecule has 1 N–H and O–H groups in total. The van der Waals surface area contributed by atoms with Crippen LogP contribution in [0.4, 0.5) is 0 Å². The molecule has 1 aromatic carbocycles. The van der Waals surface area contributed by atoms with Crippen LogP contribution in [0.15, 0.2) is 47.5 Å². The van der Waals surface area contributed by atoms with Gasteiger partial charge in [-0.3, -0.25) is 4.79 Å². The number of aromatic nitrogens is 1. The van der Waals surface area contributed by atoms with Gasteiger partial charge in [-0.15, -0.1) is 0 Å². The van der Waals surface area contributed by atoms with Crippen LogP contribution in [0.3, 0.4) is 0 Å². The van der Waals surface area contributed by atoms with Gasteiger partial charge in [0.25, 0.3) is 15.0 Å². The van der Waals surface area contributed by atoms with Gasteiger partial charge in [-0.25, -0.2) is 16.8 Å². The highest BCUT2D eigenvalue weighted by atomic mass is 35.7. The first kappa shape index (κ1) is 19.9. The number of sulfone groups is 1. The average molecular weight is 431 g/mol. The van der Waals surface area contributed by atoms with Crippen molar-refractivity contribution < 1.29 is 21.6 Å². The molecule has 2 aromatic rings. The predicted molar refractivity (Wildman–Crippen MR) is 102 cm³/mol. The maximum Gasteiger partial charge on any atom is 0.268 e. The molecule has 0 spiro atoms. The van der Waals surface area contributed by atoms with E-state index in [0.717, 1.165) is 5.56 Å². The minimum atomic E-state index is -4.02. The Morgan fingerprint density at radius 1 is 1.30 bits per heavy atom. The van der Waals surface area contributed by atoms with E-state index in [1.54, 1.807) is 6.92 Å². The maximum absolute atomic E-state index is 12.8. The zero-order chi connectivity index (χ0) is 19.9. The molecule has 1 aliphatic rings. The van der Waals surface area contributed by atoms with Crippen LogP contribution in [0.1, 0.15) is 29.4 Å². The molecular weight excluding hydrogens is 412 g/mol. The standard InChI is InChI=1S/C17H19ClN2O5S2/c1-17(7-8-26(22,23)12-17)19-16(21)15-9-14(27(18,24)25)11-20(15)10-13-5-3-2-4-6-13/h2-6,9,11H,7-8,10,12H2,1H3,(H,19,21). The molecule has 3 rings (SSSR count). The molecule has 7 nitrogen and oxygen atoms in total. The number of benzene rings is 1. The van der Waals surface area contributed by atoms with Gasteiger partial charge in [-0.05, 0) is 25.0 Å². The van der Waals surface area contributed by atoms with Crippen LogP contribution in [0.5, 0.6) is 0 Å². The van der Waals surface area contributed by atoms with E-state index in [0.29, 0.717) is 6.42 Å². The molecule has 1 fully saturated rings. The zero-order valence-electron chi connectivity index (χ0n) is 14.6. The van der Waals surface area contributed by atoms with Gasteiger partial charge in [0, 0.05) is 23.4 Å². The van der Waals surface area contributed by atoms with E-state index in [-0.39, 0.29) is 28.6 Å². The number of amides is 1. The summed E-state index contributed by atoms with van der Waals surface area (Å²) in [5.41, 5.74) is 0.0801. The average Bonchev–Trinajstić information content (AvgIpc) is 3.09. The summed E-state index contributed by atoms with van der Waals surface area (Å²) in [6.45, 7) is 1.93. The van der Waals surface area contributed by atoms with Crippen LogP contribution in [-0.4, -0.2) is 44.4 Å². The molecule has 1 aliphatic heterocycles. The molecule has 0 radical (unpaired) electrons. The fourth-order valence-corrected chi connectivity index (χ4v) is 6.02. The van der Waals surface area contributed by atoms with Gasteiger partial charge in [0.1, 0.15) is 10.6 Å². The van der Waals surface area contributed by atoms with E-state index >= 15 is 0 Å². The molecule has 1 aromatic heterocycles. The Bertz CT molecular complexity index is 1080. The Hall–Kier alpha value is -1.84.